The second-order valence-corrected chi connectivity index (χ2v) is 5.57. The van der Waals surface area contributed by atoms with Gasteiger partial charge in [-0.3, -0.25) is 4.79 Å². The summed E-state index contributed by atoms with van der Waals surface area (Å²) in [6.45, 7) is 3.68. The van der Waals surface area contributed by atoms with Gasteiger partial charge in [0.1, 0.15) is 0 Å². The molecular weight excluding hydrogens is 256 g/mol. The number of unbranched alkanes of at least 4 members (excludes halogenated alkanes) is 2. The van der Waals surface area contributed by atoms with Crippen LogP contribution in [0.3, 0.4) is 0 Å². The second kappa shape index (κ2) is 9.61. The molecule has 2 amide bonds. The molecule has 5 heteroatoms. The summed E-state index contributed by atoms with van der Waals surface area (Å²) >= 11 is 0. The van der Waals surface area contributed by atoms with E-state index in [1.807, 2.05) is 4.90 Å². The van der Waals surface area contributed by atoms with Crippen molar-refractivity contribution < 1.29 is 14.7 Å². The molecule has 0 saturated carbocycles. The predicted molar refractivity (Wildman–Crippen MR) is 78.8 cm³/mol. The maximum atomic E-state index is 12.1. The summed E-state index contributed by atoms with van der Waals surface area (Å²) in [5.74, 6) is -0.746. The van der Waals surface area contributed by atoms with Crippen LogP contribution in [0.5, 0.6) is 0 Å². The van der Waals surface area contributed by atoms with Crippen molar-refractivity contribution in [2.45, 2.75) is 70.8 Å². The third kappa shape index (κ3) is 6.26. The Bertz CT molecular complexity index is 305. The van der Waals surface area contributed by atoms with Gasteiger partial charge in [0.25, 0.3) is 0 Å². The maximum absolute atomic E-state index is 12.1. The Morgan fingerprint density at radius 2 is 2.05 bits per heavy atom. The standard InChI is InChI=1S/C15H28N2O3/c1-2-8-13-9-5-7-12-17(13)15(20)16-11-6-3-4-10-14(18)19/h13H,2-12H2,1H3,(H,16,20)(H,18,19). The lowest BCUT2D eigenvalue weighted by Crippen LogP contribution is -2.48. The molecule has 2 N–H and O–H groups in total. The van der Waals surface area contributed by atoms with E-state index in [9.17, 15) is 9.59 Å². The fraction of sp³-hybridized carbons (Fsp3) is 0.867. The molecule has 1 unspecified atom stereocenters. The van der Waals surface area contributed by atoms with Crippen LogP contribution in [0.2, 0.25) is 0 Å². The van der Waals surface area contributed by atoms with Crippen molar-refractivity contribution in [3.8, 4) is 0 Å². The van der Waals surface area contributed by atoms with Gasteiger partial charge in [0, 0.05) is 25.6 Å². The van der Waals surface area contributed by atoms with E-state index in [-0.39, 0.29) is 12.5 Å². The molecule has 0 aromatic heterocycles. The van der Waals surface area contributed by atoms with Crippen LogP contribution in [0, 0.1) is 0 Å². The molecule has 0 aromatic carbocycles. The van der Waals surface area contributed by atoms with E-state index in [1.54, 1.807) is 0 Å². The van der Waals surface area contributed by atoms with Crippen molar-refractivity contribution in [3.63, 3.8) is 0 Å². The Labute approximate surface area is 121 Å². The van der Waals surface area contributed by atoms with Crippen LogP contribution in [0.15, 0.2) is 0 Å². The average Bonchev–Trinajstić information content (AvgIpc) is 2.43. The van der Waals surface area contributed by atoms with Gasteiger partial charge in [-0.1, -0.05) is 19.8 Å². The molecule has 1 fully saturated rings. The molecule has 0 aromatic rings. The number of aliphatic carboxylic acids is 1. The van der Waals surface area contributed by atoms with Gasteiger partial charge < -0.3 is 15.3 Å². The first kappa shape index (κ1) is 16.8. The van der Waals surface area contributed by atoms with Crippen LogP contribution in [-0.2, 0) is 4.79 Å². The number of carboxylic acids is 1. The third-order valence-corrected chi connectivity index (χ3v) is 3.85. The van der Waals surface area contributed by atoms with Crippen LogP contribution < -0.4 is 5.32 Å². The van der Waals surface area contributed by atoms with Gasteiger partial charge in [-0.05, 0) is 38.5 Å². The Kier molecular flexibility index (Phi) is 8.07. The molecule has 20 heavy (non-hydrogen) atoms. The van der Waals surface area contributed by atoms with Crippen molar-refractivity contribution in [3.05, 3.63) is 0 Å². The van der Waals surface area contributed by atoms with Gasteiger partial charge in [0.2, 0.25) is 0 Å². The molecular formula is C15H28N2O3. The highest BCUT2D eigenvalue weighted by atomic mass is 16.4. The normalized spacial score (nSPS) is 18.9. The second-order valence-electron chi connectivity index (χ2n) is 5.57. The van der Waals surface area contributed by atoms with Gasteiger partial charge in [0.05, 0.1) is 0 Å². The lowest BCUT2D eigenvalue weighted by atomic mass is 9.99. The molecule has 1 saturated heterocycles. The van der Waals surface area contributed by atoms with Crippen molar-refractivity contribution in [2.24, 2.45) is 0 Å². The lowest BCUT2D eigenvalue weighted by Gasteiger charge is -2.35. The molecule has 0 radical (unpaired) electrons. The first-order chi connectivity index (χ1) is 9.65. The van der Waals surface area contributed by atoms with Gasteiger partial charge in [-0.15, -0.1) is 0 Å². The number of urea groups is 1. The third-order valence-electron chi connectivity index (χ3n) is 3.85. The minimum Gasteiger partial charge on any atom is -0.481 e. The topological polar surface area (TPSA) is 69.6 Å². The molecule has 0 bridgehead atoms. The molecule has 0 spiro atoms. The van der Waals surface area contributed by atoms with E-state index in [4.69, 9.17) is 5.11 Å². The summed E-state index contributed by atoms with van der Waals surface area (Å²) in [5, 5.41) is 11.5. The number of rotatable bonds is 8. The molecule has 1 aliphatic rings. The Balaban J connectivity index is 2.18. The highest BCUT2D eigenvalue weighted by Gasteiger charge is 2.25. The number of likely N-dealkylation sites (tertiary alicyclic amines) is 1. The van der Waals surface area contributed by atoms with Crippen LogP contribution >= 0.6 is 0 Å². The minimum absolute atomic E-state index is 0.0568. The van der Waals surface area contributed by atoms with Crippen LogP contribution in [0.25, 0.3) is 0 Å². The Morgan fingerprint density at radius 3 is 2.75 bits per heavy atom. The molecule has 5 nitrogen and oxygen atoms in total. The highest BCUT2D eigenvalue weighted by molar-refractivity contribution is 5.74. The zero-order valence-corrected chi connectivity index (χ0v) is 12.6. The minimum atomic E-state index is -0.746. The lowest BCUT2D eigenvalue weighted by molar-refractivity contribution is -0.137. The van der Waals surface area contributed by atoms with Gasteiger partial charge >= 0.3 is 12.0 Å². The number of carbonyl (C=O) groups excluding carboxylic acids is 1. The number of carboxylic acid groups (broad SMARTS) is 1. The zero-order valence-electron chi connectivity index (χ0n) is 12.6. The summed E-state index contributed by atoms with van der Waals surface area (Å²) in [6.07, 6.45) is 8.27. The quantitative estimate of drug-likeness (QED) is 0.673. The summed E-state index contributed by atoms with van der Waals surface area (Å²) < 4.78 is 0. The molecule has 1 heterocycles. The fourth-order valence-electron chi connectivity index (χ4n) is 2.78. The largest absolute Gasteiger partial charge is 0.481 e. The molecule has 1 atom stereocenters. The SMILES string of the molecule is CCCC1CCCCN1C(=O)NCCCCCC(=O)O. The van der Waals surface area contributed by atoms with E-state index >= 15 is 0 Å². The summed E-state index contributed by atoms with van der Waals surface area (Å²) in [4.78, 5) is 24.5. The van der Waals surface area contributed by atoms with Crippen LogP contribution in [0.4, 0.5) is 4.79 Å². The van der Waals surface area contributed by atoms with Crippen molar-refractivity contribution in [1.29, 1.82) is 0 Å². The maximum Gasteiger partial charge on any atom is 0.317 e. The highest BCUT2D eigenvalue weighted by Crippen LogP contribution is 2.20. The smallest absolute Gasteiger partial charge is 0.317 e. The first-order valence-corrected chi connectivity index (χ1v) is 7.91. The van der Waals surface area contributed by atoms with Gasteiger partial charge in [-0.25, -0.2) is 4.79 Å². The number of piperidine rings is 1. The van der Waals surface area contributed by atoms with Crippen molar-refractivity contribution >= 4 is 12.0 Å². The van der Waals surface area contributed by atoms with Crippen molar-refractivity contribution in [1.82, 2.24) is 10.2 Å². The summed E-state index contributed by atoms with van der Waals surface area (Å²) in [5.41, 5.74) is 0. The number of hydrogen-bond acceptors (Lipinski definition) is 2. The van der Waals surface area contributed by atoms with Crippen LogP contribution in [0.1, 0.15) is 64.7 Å². The monoisotopic (exact) mass is 284 g/mol. The van der Waals surface area contributed by atoms with Crippen molar-refractivity contribution in [2.75, 3.05) is 13.1 Å². The number of hydrogen-bond donors (Lipinski definition) is 2. The first-order valence-electron chi connectivity index (χ1n) is 7.91. The van der Waals surface area contributed by atoms with Gasteiger partial charge in [0.15, 0.2) is 0 Å². The summed E-state index contributed by atoms with van der Waals surface area (Å²) in [7, 11) is 0. The summed E-state index contributed by atoms with van der Waals surface area (Å²) in [6, 6.07) is 0.460. The number of nitrogens with one attached hydrogen (secondary N) is 1. The van der Waals surface area contributed by atoms with Gasteiger partial charge in [-0.2, -0.15) is 0 Å². The fourth-order valence-corrected chi connectivity index (χ4v) is 2.78. The molecule has 1 aliphatic heterocycles. The molecule has 116 valence electrons. The number of carbonyl (C=O) groups is 2. The molecule has 1 rings (SSSR count). The Hall–Kier alpha value is -1.26. The number of nitrogens with zero attached hydrogens (tertiary/aromatic N) is 1. The van der Waals surface area contributed by atoms with E-state index < -0.39 is 5.97 Å². The Morgan fingerprint density at radius 1 is 1.25 bits per heavy atom. The number of amides is 2. The average molecular weight is 284 g/mol. The predicted octanol–water partition coefficient (Wildman–Crippen LogP) is 3.00. The van der Waals surface area contributed by atoms with Crippen LogP contribution in [-0.4, -0.2) is 41.1 Å². The molecule has 0 aliphatic carbocycles. The zero-order chi connectivity index (χ0) is 14.8. The van der Waals surface area contributed by atoms with E-state index in [0.717, 1.165) is 45.1 Å². The van der Waals surface area contributed by atoms with E-state index in [1.165, 1.54) is 6.42 Å². The van der Waals surface area contributed by atoms with E-state index in [0.29, 0.717) is 19.0 Å². The van der Waals surface area contributed by atoms with E-state index in [2.05, 4.69) is 12.2 Å².